The maximum absolute atomic E-state index is 5.67. The number of nitrogen functional groups attached to an aromatic ring is 1. The highest BCUT2D eigenvalue weighted by molar-refractivity contribution is 5.50. The van der Waals surface area contributed by atoms with E-state index in [1.807, 2.05) is 13.1 Å². The maximum Gasteiger partial charge on any atom is 0.223 e. The number of rotatable bonds is 5. The van der Waals surface area contributed by atoms with Crippen LogP contribution in [-0.4, -0.2) is 48.1 Å². The van der Waals surface area contributed by atoms with Crippen LogP contribution in [0.4, 0.5) is 17.6 Å². The number of anilines is 3. The largest absolute Gasteiger partial charge is 0.373 e. The van der Waals surface area contributed by atoms with Gasteiger partial charge in [0.1, 0.15) is 11.6 Å². The lowest BCUT2D eigenvalue weighted by Crippen LogP contribution is -2.35. The predicted molar refractivity (Wildman–Crippen MR) is 79.3 cm³/mol. The summed E-state index contributed by atoms with van der Waals surface area (Å²) in [6, 6.07) is 1.89. The number of hydrogen-bond acceptors (Lipinski definition) is 6. The monoisotopic (exact) mass is 264 g/mol. The fourth-order valence-corrected chi connectivity index (χ4v) is 2.44. The minimum absolute atomic E-state index is 0.301. The van der Waals surface area contributed by atoms with Crippen LogP contribution in [0, 0.1) is 5.92 Å². The average Bonchev–Trinajstić information content (AvgIpc) is 2.45. The molecule has 0 atom stereocenters. The molecular formula is C13H24N6. The lowest BCUT2D eigenvalue weighted by atomic mass is 9.97. The molecule has 0 saturated carbocycles. The van der Waals surface area contributed by atoms with Crippen LogP contribution < -0.4 is 16.4 Å². The molecule has 0 bridgehead atoms. The summed E-state index contributed by atoms with van der Waals surface area (Å²) in [6.45, 7) is 6.75. The van der Waals surface area contributed by atoms with E-state index in [9.17, 15) is 0 Å². The second-order valence-corrected chi connectivity index (χ2v) is 5.01. The van der Waals surface area contributed by atoms with E-state index in [-0.39, 0.29) is 0 Å². The minimum Gasteiger partial charge on any atom is -0.373 e. The van der Waals surface area contributed by atoms with E-state index >= 15 is 0 Å². The van der Waals surface area contributed by atoms with Crippen LogP contribution in [-0.2, 0) is 0 Å². The molecule has 1 aromatic rings. The molecule has 1 fully saturated rings. The van der Waals surface area contributed by atoms with Gasteiger partial charge in [-0.05, 0) is 38.4 Å². The summed E-state index contributed by atoms with van der Waals surface area (Å²) >= 11 is 0. The normalized spacial score (nSPS) is 17.4. The molecular weight excluding hydrogens is 240 g/mol. The van der Waals surface area contributed by atoms with Crippen molar-refractivity contribution in [2.45, 2.75) is 19.8 Å². The predicted octanol–water partition coefficient (Wildman–Crippen LogP) is 1.24. The second kappa shape index (κ2) is 6.56. The van der Waals surface area contributed by atoms with Gasteiger partial charge in [0.05, 0.1) is 0 Å². The highest BCUT2D eigenvalue weighted by atomic mass is 15.1. The van der Waals surface area contributed by atoms with Crippen molar-refractivity contribution < 1.29 is 0 Å². The Labute approximate surface area is 114 Å². The molecule has 0 unspecified atom stereocenters. The highest BCUT2D eigenvalue weighted by Gasteiger charge is 2.17. The van der Waals surface area contributed by atoms with Crippen molar-refractivity contribution in [3.63, 3.8) is 0 Å². The molecule has 2 rings (SSSR count). The molecule has 0 aliphatic carbocycles. The summed E-state index contributed by atoms with van der Waals surface area (Å²) in [5, 5.41) is 6.35. The van der Waals surface area contributed by atoms with E-state index in [4.69, 9.17) is 5.73 Å². The van der Waals surface area contributed by atoms with Gasteiger partial charge in [-0.15, -0.1) is 0 Å². The van der Waals surface area contributed by atoms with E-state index in [1.54, 1.807) is 0 Å². The van der Waals surface area contributed by atoms with Gasteiger partial charge in [0, 0.05) is 19.7 Å². The molecule has 6 nitrogen and oxygen atoms in total. The van der Waals surface area contributed by atoms with E-state index in [0.29, 0.717) is 5.95 Å². The molecule has 0 radical (unpaired) electrons. The first-order valence-electron chi connectivity index (χ1n) is 6.99. The summed E-state index contributed by atoms with van der Waals surface area (Å²) in [7, 11) is 1.83. The quantitative estimate of drug-likeness (QED) is 0.742. The number of aromatic nitrogens is 2. The van der Waals surface area contributed by atoms with E-state index in [1.165, 1.54) is 25.9 Å². The van der Waals surface area contributed by atoms with E-state index < -0.39 is 0 Å². The molecule has 1 saturated heterocycles. The van der Waals surface area contributed by atoms with Gasteiger partial charge in [-0.1, -0.05) is 6.92 Å². The van der Waals surface area contributed by atoms with Crippen LogP contribution in [0.25, 0.3) is 0 Å². The van der Waals surface area contributed by atoms with Gasteiger partial charge in [-0.2, -0.15) is 9.97 Å². The zero-order valence-electron chi connectivity index (χ0n) is 11.8. The Kier molecular flexibility index (Phi) is 4.79. The molecule has 0 aromatic carbocycles. The Morgan fingerprint density at radius 1 is 1.32 bits per heavy atom. The van der Waals surface area contributed by atoms with Gasteiger partial charge in [0.2, 0.25) is 5.95 Å². The van der Waals surface area contributed by atoms with Crippen molar-refractivity contribution in [3.05, 3.63) is 6.07 Å². The summed E-state index contributed by atoms with van der Waals surface area (Å²) in [5.41, 5.74) is 5.67. The smallest absolute Gasteiger partial charge is 0.223 e. The standard InChI is InChI=1S/C13H24N6/c1-3-19-6-4-10(5-7-19)9-16-12-8-11(15-2)17-13(14)18-12/h8,10H,3-7,9H2,1-2H3,(H4,14,15,16,17,18). The highest BCUT2D eigenvalue weighted by Crippen LogP contribution is 2.18. The zero-order chi connectivity index (χ0) is 13.7. The van der Waals surface area contributed by atoms with Crippen molar-refractivity contribution >= 4 is 17.6 Å². The third-order valence-electron chi connectivity index (χ3n) is 3.73. The fraction of sp³-hybridized carbons (Fsp3) is 0.692. The Morgan fingerprint density at radius 2 is 2.00 bits per heavy atom. The fourth-order valence-electron chi connectivity index (χ4n) is 2.44. The molecule has 1 aromatic heterocycles. The molecule has 6 heteroatoms. The van der Waals surface area contributed by atoms with Crippen molar-refractivity contribution in [1.29, 1.82) is 0 Å². The summed E-state index contributed by atoms with van der Waals surface area (Å²) in [6.07, 6.45) is 2.50. The third-order valence-corrected chi connectivity index (χ3v) is 3.73. The number of nitrogens with two attached hydrogens (primary N) is 1. The van der Waals surface area contributed by atoms with Crippen molar-refractivity contribution in [1.82, 2.24) is 14.9 Å². The summed E-state index contributed by atoms with van der Waals surface area (Å²) in [4.78, 5) is 10.8. The van der Waals surface area contributed by atoms with Crippen LogP contribution in [0.15, 0.2) is 6.07 Å². The lowest BCUT2D eigenvalue weighted by Gasteiger charge is -2.31. The maximum atomic E-state index is 5.67. The second-order valence-electron chi connectivity index (χ2n) is 5.01. The van der Waals surface area contributed by atoms with Crippen molar-refractivity contribution in [2.24, 2.45) is 5.92 Å². The molecule has 0 amide bonds. The number of nitrogens with one attached hydrogen (secondary N) is 2. The van der Waals surface area contributed by atoms with Gasteiger partial charge in [-0.3, -0.25) is 0 Å². The Balaban J connectivity index is 1.84. The summed E-state index contributed by atoms with van der Waals surface area (Å²) < 4.78 is 0. The molecule has 4 N–H and O–H groups in total. The Hall–Kier alpha value is -1.56. The average molecular weight is 264 g/mol. The summed E-state index contributed by atoms with van der Waals surface area (Å²) in [5.74, 6) is 2.57. The van der Waals surface area contributed by atoms with E-state index in [0.717, 1.165) is 30.6 Å². The molecule has 1 aliphatic rings. The first kappa shape index (κ1) is 13.9. The molecule has 0 spiro atoms. The first-order chi connectivity index (χ1) is 9.21. The van der Waals surface area contributed by atoms with Gasteiger partial charge >= 0.3 is 0 Å². The van der Waals surface area contributed by atoms with Crippen LogP contribution in [0.5, 0.6) is 0 Å². The number of piperidine rings is 1. The van der Waals surface area contributed by atoms with Gasteiger partial charge < -0.3 is 21.3 Å². The minimum atomic E-state index is 0.301. The van der Waals surface area contributed by atoms with Crippen LogP contribution in [0.2, 0.25) is 0 Å². The Bertz CT molecular complexity index is 400. The zero-order valence-corrected chi connectivity index (χ0v) is 11.8. The third kappa shape index (κ3) is 3.96. The molecule has 1 aliphatic heterocycles. The lowest BCUT2D eigenvalue weighted by molar-refractivity contribution is 0.198. The number of nitrogens with zero attached hydrogens (tertiary/aromatic N) is 3. The number of hydrogen-bond donors (Lipinski definition) is 3. The molecule has 2 heterocycles. The first-order valence-corrected chi connectivity index (χ1v) is 6.99. The number of likely N-dealkylation sites (tertiary alicyclic amines) is 1. The van der Waals surface area contributed by atoms with Crippen LogP contribution >= 0.6 is 0 Å². The van der Waals surface area contributed by atoms with Gasteiger partial charge in [0.25, 0.3) is 0 Å². The van der Waals surface area contributed by atoms with Crippen molar-refractivity contribution in [3.8, 4) is 0 Å². The SMILES string of the molecule is CCN1CCC(CNc2cc(NC)nc(N)n2)CC1. The van der Waals surface area contributed by atoms with Gasteiger partial charge in [-0.25, -0.2) is 0 Å². The van der Waals surface area contributed by atoms with Crippen molar-refractivity contribution in [2.75, 3.05) is 49.6 Å². The molecule has 106 valence electrons. The molecule has 19 heavy (non-hydrogen) atoms. The van der Waals surface area contributed by atoms with Crippen LogP contribution in [0.3, 0.4) is 0 Å². The van der Waals surface area contributed by atoms with E-state index in [2.05, 4.69) is 32.4 Å². The van der Waals surface area contributed by atoms with Crippen LogP contribution in [0.1, 0.15) is 19.8 Å². The topological polar surface area (TPSA) is 79.1 Å². The van der Waals surface area contributed by atoms with Gasteiger partial charge in [0.15, 0.2) is 0 Å². The Morgan fingerprint density at radius 3 is 2.63 bits per heavy atom.